The lowest BCUT2D eigenvalue weighted by Gasteiger charge is -2.33. The summed E-state index contributed by atoms with van der Waals surface area (Å²) in [5.74, 6) is 0.189. The molecule has 1 aliphatic heterocycles. The number of aromatic nitrogens is 2. The Balaban J connectivity index is 1.70. The molecule has 1 saturated heterocycles. The van der Waals surface area contributed by atoms with E-state index in [1.165, 1.54) is 0 Å². The molecule has 2 heterocycles. The van der Waals surface area contributed by atoms with Crippen LogP contribution >= 0.6 is 0 Å². The van der Waals surface area contributed by atoms with Gasteiger partial charge in [0.25, 0.3) is 0 Å². The standard InChI is InChI=1S/C19H28N4O4/c1-19(2,3)27-16(24)6-4-9-23-15-8-7-13(12-14(15)21-17(23)20)22-10-5-11-26-18(22)25/h7-8,12,18,25H,4-6,9-11H2,1-3H3,(H2,20,21). The average molecular weight is 376 g/mol. The second-order valence-corrected chi connectivity index (χ2v) is 7.73. The Morgan fingerprint density at radius 2 is 2.22 bits per heavy atom. The number of ether oxygens (including phenoxy) is 2. The van der Waals surface area contributed by atoms with Crippen molar-refractivity contribution in [3.8, 4) is 0 Å². The maximum absolute atomic E-state index is 11.9. The number of carbonyl (C=O) groups is 1. The number of aliphatic hydroxyl groups is 1. The van der Waals surface area contributed by atoms with Gasteiger partial charge in [0.05, 0.1) is 17.6 Å². The van der Waals surface area contributed by atoms with Gasteiger partial charge in [0.15, 0.2) is 0 Å². The van der Waals surface area contributed by atoms with Crippen molar-refractivity contribution in [3.63, 3.8) is 0 Å². The van der Waals surface area contributed by atoms with Crippen molar-refractivity contribution in [1.82, 2.24) is 9.55 Å². The van der Waals surface area contributed by atoms with Crippen LogP contribution in [-0.4, -0.2) is 45.8 Å². The number of nitrogens with zero attached hydrogens (tertiary/aromatic N) is 3. The van der Waals surface area contributed by atoms with Crippen molar-refractivity contribution in [3.05, 3.63) is 18.2 Å². The van der Waals surface area contributed by atoms with Crippen LogP contribution in [0.1, 0.15) is 40.0 Å². The summed E-state index contributed by atoms with van der Waals surface area (Å²) in [6.07, 6.45) is 0.858. The molecule has 3 N–H and O–H groups in total. The molecule has 2 aromatic rings. The van der Waals surface area contributed by atoms with E-state index in [0.717, 1.165) is 29.7 Å². The first kappa shape index (κ1) is 19.4. The van der Waals surface area contributed by atoms with E-state index < -0.39 is 12.0 Å². The van der Waals surface area contributed by atoms with Gasteiger partial charge >= 0.3 is 5.97 Å². The minimum absolute atomic E-state index is 0.216. The first-order chi connectivity index (χ1) is 12.7. The highest BCUT2D eigenvalue weighted by Gasteiger charge is 2.22. The van der Waals surface area contributed by atoms with E-state index in [1.807, 2.05) is 43.5 Å². The van der Waals surface area contributed by atoms with E-state index in [1.54, 1.807) is 4.90 Å². The van der Waals surface area contributed by atoms with Gasteiger partial charge in [0.1, 0.15) is 5.60 Å². The molecule has 0 spiro atoms. The number of nitrogens with two attached hydrogens (primary N) is 1. The number of aryl methyl sites for hydroxylation is 1. The number of anilines is 2. The molecule has 1 unspecified atom stereocenters. The van der Waals surface area contributed by atoms with Crippen LogP contribution in [0.15, 0.2) is 18.2 Å². The molecular formula is C19H28N4O4. The number of nitrogen functional groups attached to an aromatic ring is 1. The fourth-order valence-corrected chi connectivity index (χ4v) is 3.21. The number of imidazole rings is 1. The Kier molecular flexibility index (Phi) is 5.57. The van der Waals surface area contributed by atoms with Crippen LogP contribution in [0.4, 0.5) is 11.6 Å². The molecule has 0 bridgehead atoms. The summed E-state index contributed by atoms with van der Waals surface area (Å²) in [4.78, 5) is 18.1. The summed E-state index contributed by atoms with van der Waals surface area (Å²) in [5.41, 5.74) is 8.09. The van der Waals surface area contributed by atoms with Gasteiger partial charge in [-0.25, -0.2) is 4.98 Å². The smallest absolute Gasteiger partial charge is 0.306 e. The highest BCUT2D eigenvalue weighted by atomic mass is 16.6. The summed E-state index contributed by atoms with van der Waals surface area (Å²) in [6.45, 7) is 7.42. The van der Waals surface area contributed by atoms with Crippen molar-refractivity contribution >= 4 is 28.6 Å². The van der Waals surface area contributed by atoms with E-state index in [0.29, 0.717) is 31.9 Å². The lowest BCUT2D eigenvalue weighted by molar-refractivity contribution is -0.154. The third-order valence-electron chi connectivity index (χ3n) is 4.35. The van der Waals surface area contributed by atoms with E-state index in [9.17, 15) is 9.90 Å². The number of hydrogen-bond donors (Lipinski definition) is 2. The van der Waals surface area contributed by atoms with Gasteiger partial charge in [-0.05, 0) is 51.8 Å². The predicted octanol–water partition coefficient (Wildman–Crippen LogP) is 2.24. The summed E-state index contributed by atoms with van der Waals surface area (Å²) in [5, 5.41) is 10.0. The van der Waals surface area contributed by atoms with Gasteiger partial charge in [-0.2, -0.15) is 0 Å². The summed E-state index contributed by atoms with van der Waals surface area (Å²) in [7, 11) is 0. The normalized spacial score (nSPS) is 18.1. The Bertz CT molecular complexity index is 812. The molecule has 0 aliphatic carbocycles. The summed E-state index contributed by atoms with van der Waals surface area (Å²) in [6, 6.07) is 5.75. The first-order valence-corrected chi connectivity index (χ1v) is 9.28. The van der Waals surface area contributed by atoms with Gasteiger partial charge in [0.2, 0.25) is 12.4 Å². The molecule has 3 rings (SSSR count). The molecule has 1 aliphatic rings. The molecule has 8 heteroatoms. The van der Waals surface area contributed by atoms with Crippen molar-refractivity contribution in [2.75, 3.05) is 23.8 Å². The second kappa shape index (κ2) is 7.74. The van der Waals surface area contributed by atoms with Gasteiger partial charge < -0.3 is 29.8 Å². The Morgan fingerprint density at radius 1 is 1.44 bits per heavy atom. The SMILES string of the molecule is CC(C)(C)OC(=O)CCCn1c(N)nc2cc(N3CCCOC3O)ccc21. The largest absolute Gasteiger partial charge is 0.460 e. The zero-order valence-electron chi connectivity index (χ0n) is 16.1. The van der Waals surface area contributed by atoms with Crippen LogP contribution in [0.5, 0.6) is 0 Å². The Morgan fingerprint density at radius 3 is 2.93 bits per heavy atom. The number of rotatable bonds is 5. The molecule has 8 nitrogen and oxygen atoms in total. The highest BCUT2D eigenvalue weighted by Crippen LogP contribution is 2.27. The third-order valence-corrected chi connectivity index (χ3v) is 4.35. The Labute approximate surface area is 158 Å². The van der Waals surface area contributed by atoms with E-state index in [4.69, 9.17) is 15.2 Å². The molecule has 1 atom stereocenters. The topological polar surface area (TPSA) is 103 Å². The number of benzene rings is 1. The van der Waals surface area contributed by atoms with Crippen LogP contribution in [0, 0.1) is 0 Å². The lowest BCUT2D eigenvalue weighted by atomic mass is 10.2. The van der Waals surface area contributed by atoms with E-state index in [-0.39, 0.29) is 5.97 Å². The number of hydrogen-bond acceptors (Lipinski definition) is 7. The molecular weight excluding hydrogens is 348 g/mol. The molecule has 148 valence electrons. The molecule has 1 aromatic heterocycles. The third kappa shape index (κ3) is 4.70. The van der Waals surface area contributed by atoms with Crippen molar-refractivity contribution in [2.45, 2.75) is 58.6 Å². The number of carbonyl (C=O) groups excluding carboxylic acids is 1. The molecule has 0 radical (unpaired) electrons. The van der Waals surface area contributed by atoms with Gasteiger partial charge in [0, 0.05) is 25.2 Å². The number of fused-ring (bicyclic) bond motifs is 1. The first-order valence-electron chi connectivity index (χ1n) is 9.28. The van der Waals surface area contributed by atoms with Crippen LogP contribution in [0.2, 0.25) is 0 Å². The van der Waals surface area contributed by atoms with Crippen molar-refractivity contribution < 1.29 is 19.4 Å². The lowest BCUT2D eigenvalue weighted by Crippen LogP contribution is -2.42. The fourth-order valence-electron chi connectivity index (χ4n) is 3.21. The van der Waals surface area contributed by atoms with Gasteiger partial charge in [-0.15, -0.1) is 0 Å². The van der Waals surface area contributed by atoms with Crippen molar-refractivity contribution in [1.29, 1.82) is 0 Å². The summed E-state index contributed by atoms with van der Waals surface area (Å²) < 4.78 is 12.5. The Hall–Kier alpha value is -2.32. The van der Waals surface area contributed by atoms with Crippen molar-refractivity contribution in [2.24, 2.45) is 0 Å². The summed E-state index contributed by atoms with van der Waals surface area (Å²) >= 11 is 0. The monoisotopic (exact) mass is 376 g/mol. The molecule has 27 heavy (non-hydrogen) atoms. The van der Waals surface area contributed by atoms with Crippen LogP contribution < -0.4 is 10.6 Å². The molecule has 1 fully saturated rings. The average Bonchev–Trinajstić information content (AvgIpc) is 2.88. The number of aliphatic hydroxyl groups excluding tert-OH is 1. The molecule has 1 aromatic carbocycles. The predicted molar refractivity (Wildman–Crippen MR) is 103 cm³/mol. The van der Waals surface area contributed by atoms with Crippen LogP contribution in [0.25, 0.3) is 11.0 Å². The van der Waals surface area contributed by atoms with Gasteiger partial charge in [-0.1, -0.05) is 0 Å². The maximum atomic E-state index is 11.9. The van der Waals surface area contributed by atoms with Gasteiger partial charge in [-0.3, -0.25) is 4.79 Å². The number of esters is 1. The quantitative estimate of drug-likeness (QED) is 0.772. The zero-order valence-corrected chi connectivity index (χ0v) is 16.1. The minimum atomic E-state index is -0.940. The van der Waals surface area contributed by atoms with E-state index in [2.05, 4.69) is 4.98 Å². The second-order valence-electron chi connectivity index (χ2n) is 7.73. The fraction of sp³-hybridized carbons (Fsp3) is 0.579. The molecule has 0 saturated carbocycles. The maximum Gasteiger partial charge on any atom is 0.306 e. The van der Waals surface area contributed by atoms with E-state index >= 15 is 0 Å². The highest BCUT2D eigenvalue weighted by molar-refractivity contribution is 5.82. The minimum Gasteiger partial charge on any atom is -0.460 e. The molecule has 0 amide bonds. The van der Waals surface area contributed by atoms with Crippen LogP contribution in [-0.2, 0) is 20.8 Å². The van der Waals surface area contributed by atoms with Crippen LogP contribution in [0.3, 0.4) is 0 Å². The zero-order chi connectivity index (χ0) is 19.6.